The van der Waals surface area contributed by atoms with E-state index in [9.17, 15) is 9.59 Å². The Balaban J connectivity index is 2.82. The molecule has 0 unspecified atom stereocenters. The largest absolute Gasteiger partial charge is 0.380 e. The monoisotopic (exact) mass is 310 g/mol. The Labute approximate surface area is 94.2 Å². The number of hydrogen-bond acceptors (Lipinski definition) is 3. The molecular weight excluding hydrogens is 299 g/mol. The summed E-state index contributed by atoms with van der Waals surface area (Å²) in [6.07, 6.45) is 1.53. The van der Waals surface area contributed by atoms with Gasteiger partial charge in [-0.2, -0.15) is 0 Å². The van der Waals surface area contributed by atoms with Gasteiger partial charge in [0.15, 0.2) is 0 Å². The first-order valence-corrected chi connectivity index (χ1v) is 5.30. The van der Waals surface area contributed by atoms with Crippen molar-refractivity contribution in [1.29, 1.82) is 0 Å². The van der Waals surface area contributed by atoms with Crippen LogP contribution in [0.15, 0.2) is 15.8 Å². The van der Waals surface area contributed by atoms with E-state index in [1.54, 1.807) is 0 Å². The molecule has 1 rings (SSSR count). The predicted molar refractivity (Wildman–Crippen MR) is 60.5 cm³/mol. The number of ether oxygens (including phenoxy) is 1. The summed E-state index contributed by atoms with van der Waals surface area (Å²) in [6.45, 7) is 3.44. The van der Waals surface area contributed by atoms with Crippen LogP contribution in [0.4, 0.5) is 0 Å². The minimum absolute atomic E-state index is 0.344. The van der Waals surface area contributed by atoms with Gasteiger partial charge in [0.05, 0.1) is 16.7 Å². The highest BCUT2D eigenvalue weighted by Gasteiger charge is 2.00. The van der Waals surface area contributed by atoms with Gasteiger partial charge in [0.1, 0.15) is 0 Å². The molecule has 0 atom stereocenters. The van der Waals surface area contributed by atoms with E-state index in [4.69, 9.17) is 4.74 Å². The molecule has 0 radical (unpaired) electrons. The van der Waals surface area contributed by atoms with Gasteiger partial charge in [-0.15, -0.1) is 0 Å². The highest BCUT2D eigenvalue weighted by Crippen LogP contribution is 1.92. The van der Waals surface area contributed by atoms with Crippen LogP contribution in [0.5, 0.6) is 0 Å². The van der Waals surface area contributed by atoms with E-state index in [1.807, 2.05) is 29.5 Å². The zero-order chi connectivity index (χ0) is 10.6. The molecule has 0 aliphatic rings. The molecule has 0 spiro atoms. The van der Waals surface area contributed by atoms with Crippen LogP contribution in [0, 0.1) is 3.57 Å². The Kier molecular flexibility index (Phi) is 4.33. The van der Waals surface area contributed by atoms with Gasteiger partial charge in [-0.25, -0.2) is 4.79 Å². The molecule has 0 saturated carbocycles. The zero-order valence-electron chi connectivity index (χ0n) is 7.75. The molecule has 1 aromatic heterocycles. The van der Waals surface area contributed by atoms with Crippen LogP contribution in [0.25, 0.3) is 0 Å². The van der Waals surface area contributed by atoms with E-state index < -0.39 is 5.69 Å². The van der Waals surface area contributed by atoms with Gasteiger partial charge in [-0.05, 0) is 29.5 Å². The number of H-pyrrole nitrogens is 1. The van der Waals surface area contributed by atoms with Crippen molar-refractivity contribution in [2.24, 2.45) is 0 Å². The minimum Gasteiger partial charge on any atom is -0.380 e. The Hall–Kier alpha value is -0.630. The number of nitrogens with one attached hydrogen (secondary N) is 1. The molecule has 6 heteroatoms. The summed E-state index contributed by atoms with van der Waals surface area (Å²) in [6, 6.07) is 0. The third kappa shape index (κ3) is 2.95. The van der Waals surface area contributed by atoms with E-state index in [-0.39, 0.29) is 5.56 Å². The van der Waals surface area contributed by atoms with Crippen molar-refractivity contribution in [2.45, 2.75) is 13.5 Å². The molecule has 0 fully saturated rings. The van der Waals surface area contributed by atoms with E-state index in [0.29, 0.717) is 23.3 Å². The van der Waals surface area contributed by atoms with Gasteiger partial charge < -0.3 is 4.74 Å². The second kappa shape index (κ2) is 5.30. The lowest BCUT2D eigenvalue weighted by molar-refractivity contribution is 0.138. The van der Waals surface area contributed by atoms with Crippen molar-refractivity contribution < 1.29 is 4.74 Å². The molecule has 1 N–H and O–H groups in total. The van der Waals surface area contributed by atoms with E-state index >= 15 is 0 Å². The van der Waals surface area contributed by atoms with Gasteiger partial charge in [-0.1, -0.05) is 0 Å². The van der Waals surface area contributed by atoms with Gasteiger partial charge >= 0.3 is 5.69 Å². The second-order valence-electron chi connectivity index (χ2n) is 2.63. The van der Waals surface area contributed by atoms with E-state index in [1.165, 1.54) is 10.8 Å². The topological polar surface area (TPSA) is 64.1 Å². The molecule has 0 amide bonds. The molecule has 1 heterocycles. The smallest absolute Gasteiger partial charge is 0.328 e. The quantitative estimate of drug-likeness (QED) is 0.637. The highest BCUT2D eigenvalue weighted by atomic mass is 127. The van der Waals surface area contributed by atoms with Crippen LogP contribution in [-0.2, 0) is 11.3 Å². The summed E-state index contributed by atoms with van der Waals surface area (Å²) in [4.78, 5) is 24.5. The molecule has 78 valence electrons. The lowest BCUT2D eigenvalue weighted by Crippen LogP contribution is -2.32. The number of hydrogen-bond donors (Lipinski definition) is 1. The van der Waals surface area contributed by atoms with Gasteiger partial charge in [-0.3, -0.25) is 14.3 Å². The molecule has 5 nitrogen and oxygen atoms in total. The normalized spacial score (nSPS) is 10.4. The zero-order valence-corrected chi connectivity index (χ0v) is 9.91. The predicted octanol–water partition coefficient (Wildman–Crippen LogP) is 0.178. The molecule has 0 aliphatic heterocycles. The Morgan fingerprint density at radius 1 is 1.57 bits per heavy atom. The minimum atomic E-state index is -0.393. The van der Waals surface area contributed by atoms with Crippen molar-refractivity contribution in [2.75, 3.05) is 13.2 Å². The van der Waals surface area contributed by atoms with Crippen molar-refractivity contribution >= 4 is 22.6 Å². The van der Waals surface area contributed by atoms with E-state index in [2.05, 4.69) is 4.98 Å². The summed E-state index contributed by atoms with van der Waals surface area (Å²) >= 11 is 1.88. The van der Waals surface area contributed by atoms with E-state index in [0.717, 1.165) is 0 Å². The third-order valence-corrected chi connectivity index (χ3v) is 2.42. The number of aromatic amines is 1. The fraction of sp³-hybridized carbons (Fsp3) is 0.500. The van der Waals surface area contributed by atoms with Crippen LogP contribution in [0.2, 0.25) is 0 Å². The van der Waals surface area contributed by atoms with Crippen molar-refractivity contribution in [1.82, 2.24) is 9.55 Å². The lowest BCUT2D eigenvalue weighted by Gasteiger charge is -2.04. The van der Waals surface area contributed by atoms with Gasteiger partial charge in [0, 0.05) is 12.8 Å². The van der Waals surface area contributed by atoms with Crippen LogP contribution >= 0.6 is 22.6 Å². The molecule has 1 aromatic rings. The maximum Gasteiger partial charge on any atom is 0.328 e. The van der Waals surface area contributed by atoms with Gasteiger partial charge in [0.25, 0.3) is 5.56 Å². The average molecular weight is 310 g/mol. The molecule has 0 aliphatic carbocycles. The molecule has 0 bridgehead atoms. The maximum absolute atomic E-state index is 11.2. The maximum atomic E-state index is 11.2. The number of aromatic nitrogens is 2. The summed E-state index contributed by atoms with van der Waals surface area (Å²) in [5.74, 6) is 0. The van der Waals surface area contributed by atoms with Crippen LogP contribution in [0.1, 0.15) is 6.92 Å². The molecule has 14 heavy (non-hydrogen) atoms. The lowest BCUT2D eigenvalue weighted by atomic mass is 10.6. The fourth-order valence-corrected chi connectivity index (χ4v) is 1.43. The van der Waals surface area contributed by atoms with Crippen molar-refractivity contribution in [3.63, 3.8) is 0 Å². The summed E-state index contributed by atoms with van der Waals surface area (Å²) in [5.41, 5.74) is -0.738. The molecule has 0 aromatic carbocycles. The molecular formula is C8H11IN2O3. The Morgan fingerprint density at radius 3 is 2.93 bits per heavy atom. The first kappa shape index (κ1) is 11.4. The highest BCUT2D eigenvalue weighted by molar-refractivity contribution is 14.1. The Morgan fingerprint density at radius 2 is 2.29 bits per heavy atom. The SMILES string of the molecule is CCOCCn1cc(I)c(=O)[nH]c1=O. The van der Waals surface area contributed by atoms with Gasteiger partial charge in [0.2, 0.25) is 0 Å². The molecule has 0 saturated heterocycles. The van der Waals surface area contributed by atoms with Crippen LogP contribution in [-0.4, -0.2) is 22.8 Å². The second-order valence-corrected chi connectivity index (χ2v) is 3.79. The average Bonchev–Trinajstić information content (AvgIpc) is 2.14. The summed E-state index contributed by atoms with van der Waals surface area (Å²) in [5, 5.41) is 0. The summed E-state index contributed by atoms with van der Waals surface area (Å²) in [7, 11) is 0. The van der Waals surface area contributed by atoms with Crippen molar-refractivity contribution in [3.8, 4) is 0 Å². The summed E-state index contributed by atoms with van der Waals surface area (Å²) < 4.78 is 7.04. The number of rotatable bonds is 4. The number of nitrogens with zero attached hydrogens (tertiary/aromatic N) is 1. The number of halogens is 1. The van der Waals surface area contributed by atoms with Crippen LogP contribution in [0.3, 0.4) is 0 Å². The Bertz CT molecular complexity index is 410. The van der Waals surface area contributed by atoms with Crippen LogP contribution < -0.4 is 11.2 Å². The fourth-order valence-electron chi connectivity index (χ4n) is 0.956. The van der Waals surface area contributed by atoms with Crippen molar-refractivity contribution in [3.05, 3.63) is 30.6 Å². The first-order chi connectivity index (χ1) is 6.65. The first-order valence-electron chi connectivity index (χ1n) is 4.22. The third-order valence-electron chi connectivity index (χ3n) is 1.65. The standard InChI is InChI=1S/C8H11IN2O3/c1-2-14-4-3-11-5-6(9)7(12)10-8(11)13/h5H,2-4H2,1H3,(H,10,12,13).